The van der Waals surface area contributed by atoms with Crippen molar-refractivity contribution in [2.75, 3.05) is 11.4 Å². The largest absolute Gasteiger partial charge is 0.280 e. The van der Waals surface area contributed by atoms with Gasteiger partial charge in [0.1, 0.15) is 0 Å². The Hall–Kier alpha value is -1.94. The molecule has 3 rings (SSSR count). The van der Waals surface area contributed by atoms with Crippen molar-refractivity contribution in [3.63, 3.8) is 0 Å². The Morgan fingerprint density at radius 1 is 1.19 bits per heavy atom. The molecule has 0 saturated carbocycles. The Kier molecular flexibility index (Phi) is 3.41. The minimum atomic E-state index is -0.0218. The summed E-state index contributed by atoms with van der Waals surface area (Å²) in [7, 11) is 0. The molecule has 0 bridgehead atoms. The van der Waals surface area contributed by atoms with E-state index in [1.165, 1.54) is 0 Å². The van der Waals surface area contributed by atoms with Crippen LogP contribution in [0.15, 0.2) is 36.7 Å². The third-order valence-electron chi connectivity index (χ3n) is 3.55. The maximum absolute atomic E-state index is 12.0. The van der Waals surface area contributed by atoms with E-state index in [-0.39, 0.29) is 11.3 Å². The molecule has 0 unspecified atom stereocenters. The molecule has 1 aliphatic heterocycles. The van der Waals surface area contributed by atoms with Gasteiger partial charge in [-0.3, -0.25) is 9.69 Å². The second-order valence-electron chi connectivity index (χ2n) is 6.10. The SMILES string of the molecule is CC1(C)CC(=O)N(c2ncc(-c3cccc(Cl)c3)cn2)C1. The molecule has 0 radical (unpaired) electrons. The van der Waals surface area contributed by atoms with Crippen LogP contribution in [0.2, 0.25) is 5.02 Å². The minimum Gasteiger partial charge on any atom is -0.280 e. The molecule has 1 aromatic carbocycles. The van der Waals surface area contributed by atoms with Crippen molar-refractivity contribution < 1.29 is 4.79 Å². The summed E-state index contributed by atoms with van der Waals surface area (Å²) in [5.74, 6) is 0.548. The van der Waals surface area contributed by atoms with E-state index in [9.17, 15) is 4.79 Å². The smallest absolute Gasteiger partial charge is 0.232 e. The van der Waals surface area contributed by atoms with E-state index < -0.39 is 0 Å². The van der Waals surface area contributed by atoms with Gasteiger partial charge in [-0.15, -0.1) is 0 Å². The molecule has 108 valence electrons. The highest BCUT2D eigenvalue weighted by Gasteiger charge is 2.37. The summed E-state index contributed by atoms with van der Waals surface area (Å²) in [4.78, 5) is 22.3. The standard InChI is InChI=1S/C16H16ClN3O/c1-16(2)7-14(21)20(10-16)15-18-8-12(9-19-15)11-4-3-5-13(17)6-11/h3-6,8-9H,7,10H2,1-2H3. The number of halogens is 1. The fourth-order valence-electron chi connectivity index (χ4n) is 2.54. The first-order valence-electron chi connectivity index (χ1n) is 6.83. The predicted molar refractivity (Wildman–Crippen MR) is 83.2 cm³/mol. The fourth-order valence-corrected chi connectivity index (χ4v) is 2.73. The van der Waals surface area contributed by atoms with Crippen LogP contribution in [0.3, 0.4) is 0 Å². The third kappa shape index (κ3) is 2.90. The zero-order valence-corrected chi connectivity index (χ0v) is 12.8. The van der Waals surface area contributed by atoms with Crippen molar-refractivity contribution in [1.82, 2.24) is 9.97 Å². The van der Waals surface area contributed by atoms with Gasteiger partial charge in [0.25, 0.3) is 0 Å². The lowest BCUT2D eigenvalue weighted by atomic mass is 9.93. The summed E-state index contributed by atoms with van der Waals surface area (Å²) in [6.45, 7) is 4.80. The highest BCUT2D eigenvalue weighted by atomic mass is 35.5. The maximum Gasteiger partial charge on any atom is 0.232 e. The summed E-state index contributed by atoms with van der Waals surface area (Å²) < 4.78 is 0. The molecular formula is C16H16ClN3O. The average molecular weight is 302 g/mol. The summed E-state index contributed by atoms with van der Waals surface area (Å²) in [5, 5.41) is 0.674. The molecule has 1 aliphatic rings. The Balaban J connectivity index is 1.87. The molecule has 0 aliphatic carbocycles. The average Bonchev–Trinajstić information content (AvgIpc) is 2.72. The summed E-state index contributed by atoms with van der Waals surface area (Å²) >= 11 is 5.99. The second-order valence-corrected chi connectivity index (χ2v) is 6.54. The van der Waals surface area contributed by atoms with Crippen LogP contribution in [0.4, 0.5) is 5.95 Å². The predicted octanol–water partition coefficient (Wildman–Crippen LogP) is 3.56. The normalized spacial score (nSPS) is 17.3. The van der Waals surface area contributed by atoms with E-state index in [1.54, 1.807) is 17.3 Å². The topological polar surface area (TPSA) is 46.1 Å². The second kappa shape index (κ2) is 5.11. The number of carbonyl (C=O) groups excluding carboxylic acids is 1. The summed E-state index contributed by atoms with van der Waals surface area (Å²) in [6, 6.07) is 7.53. The lowest BCUT2D eigenvalue weighted by Gasteiger charge is -2.17. The molecule has 1 saturated heterocycles. The number of carbonyl (C=O) groups is 1. The van der Waals surface area contributed by atoms with Crippen LogP contribution in [-0.2, 0) is 4.79 Å². The molecule has 2 heterocycles. The van der Waals surface area contributed by atoms with Gasteiger partial charge in [0.2, 0.25) is 11.9 Å². The number of hydrogen-bond acceptors (Lipinski definition) is 3. The zero-order valence-electron chi connectivity index (χ0n) is 12.0. The first-order chi connectivity index (χ1) is 9.94. The molecule has 0 spiro atoms. The van der Waals surface area contributed by atoms with Crippen molar-refractivity contribution in [2.45, 2.75) is 20.3 Å². The van der Waals surface area contributed by atoms with Gasteiger partial charge in [0.15, 0.2) is 0 Å². The monoisotopic (exact) mass is 301 g/mol. The molecule has 1 aromatic heterocycles. The molecule has 21 heavy (non-hydrogen) atoms. The highest BCUT2D eigenvalue weighted by molar-refractivity contribution is 6.30. The molecular weight excluding hydrogens is 286 g/mol. The van der Waals surface area contributed by atoms with Gasteiger partial charge >= 0.3 is 0 Å². The highest BCUT2D eigenvalue weighted by Crippen LogP contribution is 2.32. The van der Waals surface area contributed by atoms with Crippen LogP contribution in [-0.4, -0.2) is 22.4 Å². The van der Waals surface area contributed by atoms with Gasteiger partial charge in [0, 0.05) is 35.9 Å². The lowest BCUT2D eigenvalue weighted by molar-refractivity contribution is -0.117. The maximum atomic E-state index is 12.0. The van der Waals surface area contributed by atoms with E-state index in [1.807, 2.05) is 24.3 Å². The first kappa shape index (κ1) is 14.0. The number of hydrogen-bond donors (Lipinski definition) is 0. The van der Waals surface area contributed by atoms with E-state index in [4.69, 9.17) is 11.6 Å². The van der Waals surface area contributed by atoms with Gasteiger partial charge in [-0.05, 0) is 23.1 Å². The van der Waals surface area contributed by atoms with E-state index in [0.717, 1.165) is 11.1 Å². The van der Waals surface area contributed by atoms with Crippen LogP contribution >= 0.6 is 11.6 Å². The van der Waals surface area contributed by atoms with Crippen LogP contribution < -0.4 is 4.90 Å². The Morgan fingerprint density at radius 2 is 1.90 bits per heavy atom. The van der Waals surface area contributed by atoms with Gasteiger partial charge in [-0.2, -0.15) is 0 Å². The van der Waals surface area contributed by atoms with Crippen LogP contribution in [0.5, 0.6) is 0 Å². The minimum absolute atomic E-state index is 0.0218. The third-order valence-corrected chi connectivity index (χ3v) is 3.79. The molecule has 5 heteroatoms. The fraction of sp³-hybridized carbons (Fsp3) is 0.312. The van der Waals surface area contributed by atoms with Crippen LogP contribution in [0.25, 0.3) is 11.1 Å². The zero-order chi connectivity index (χ0) is 15.0. The van der Waals surface area contributed by atoms with E-state index in [0.29, 0.717) is 23.9 Å². The molecule has 0 N–H and O–H groups in total. The Labute approximate surface area is 128 Å². The first-order valence-corrected chi connectivity index (χ1v) is 7.21. The van der Waals surface area contributed by atoms with Gasteiger partial charge in [-0.25, -0.2) is 9.97 Å². The van der Waals surface area contributed by atoms with E-state index in [2.05, 4.69) is 23.8 Å². The van der Waals surface area contributed by atoms with Crippen LogP contribution in [0.1, 0.15) is 20.3 Å². The Bertz CT molecular complexity index is 682. The van der Waals surface area contributed by atoms with Crippen molar-refractivity contribution in [3.05, 3.63) is 41.7 Å². The van der Waals surface area contributed by atoms with Gasteiger partial charge in [0.05, 0.1) is 0 Å². The Morgan fingerprint density at radius 3 is 2.48 bits per heavy atom. The molecule has 4 nitrogen and oxygen atoms in total. The summed E-state index contributed by atoms with van der Waals surface area (Å²) in [6.07, 6.45) is 3.99. The van der Waals surface area contributed by atoms with Crippen molar-refractivity contribution in [3.8, 4) is 11.1 Å². The van der Waals surface area contributed by atoms with Crippen molar-refractivity contribution >= 4 is 23.5 Å². The number of amides is 1. The number of anilines is 1. The number of nitrogens with zero attached hydrogens (tertiary/aromatic N) is 3. The summed E-state index contributed by atoms with van der Waals surface area (Å²) in [5.41, 5.74) is 1.82. The van der Waals surface area contributed by atoms with Crippen LogP contribution in [0, 0.1) is 5.41 Å². The molecule has 1 amide bonds. The molecule has 0 atom stereocenters. The number of rotatable bonds is 2. The van der Waals surface area contributed by atoms with Crippen molar-refractivity contribution in [2.24, 2.45) is 5.41 Å². The lowest BCUT2D eigenvalue weighted by Crippen LogP contribution is -2.27. The van der Waals surface area contributed by atoms with Crippen molar-refractivity contribution in [1.29, 1.82) is 0 Å². The molecule has 2 aromatic rings. The number of aromatic nitrogens is 2. The molecule has 1 fully saturated rings. The van der Waals surface area contributed by atoms with E-state index >= 15 is 0 Å². The number of benzene rings is 1. The quantitative estimate of drug-likeness (QED) is 0.852. The van der Waals surface area contributed by atoms with Gasteiger partial charge < -0.3 is 0 Å². The van der Waals surface area contributed by atoms with Gasteiger partial charge in [-0.1, -0.05) is 37.6 Å².